The van der Waals surface area contributed by atoms with Gasteiger partial charge in [-0.15, -0.1) is 21.5 Å². The number of imidazole rings is 1. The second kappa shape index (κ2) is 41.1. The Morgan fingerprint density at radius 2 is 0.797 bits per heavy atom. The fraction of sp³-hybridized carbons (Fsp3) is 0.173. The zero-order valence-electron chi connectivity index (χ0n) is 61.1. The molecule has 14 heteroatoms. The second-order valence-electron chi connectivity index (χ2n) is 27.6. The number of nitrogens with zero attached hydrogens (tertiary/aromatic N) is 13. The molecule has 24 rings (SSSR count). The van der Waals surface area contributed by atoms with Crippen LogP contribution in [0.4, 0.5) is 0 Å². The maximum Gasteiger partial charge on any atom is 0.185 e. The Morgan fingerprint density at radius 1 is 0.322 bits per heavy atom. The molecule has 0 aliphatic heterocycles. The van der Waals surface area contributed by atoms with Gasteiger partial charge in [0.2, 0.25) is 0 Å². The van der Waals surface area contributed by atoms with E-state index in [1.165, 1.54) is 165 Å². The van der Waals surface area contributed by atoms with Crippen LogP contribution in [0.25, 0.3) is 141 Å². The average Bonchev–Trinajstić information content (AvgIpc) is 1.61. The maximum atomic E-state index is 4.55. The molecule has 13 nitrogen and oxygen atoms in total. The van der Waals surface area contributed by atoms with Crippen LogP contribution in [0.3, 0.4) is 0 Å². The van der Waals surface area contributed by atoms with Crippen molar-refractivity contribution in [2.45, 2.75) is 124 Å². The Balaban J connectivity index is 0.000000152. The average molecular weight is 1570 g/mol. The molecule has 2 aliphatic carbocycles. The molecular formula is C104H109N13S. The van der Waals surface area contributed by atoms with Gasteiger partial charge in [0.1, 0.15) is 16.8 Å². The Bertz CT molecular complexity index is 6530. The lowest BCUT2D eigenvalue weighted by molar-refractivity contribution is 0.622. The van der Waals surface area contributed by atoms with Crippen molar-refractivity contribution in [3.63, 3.8) is 0 Å². The molecule has 596 valence electrons. The largest absolute Gasteiger partial charge is 0.344 e. The van der Waals surface area contributed by atoms with Crippen LogP contribution in [-0.4, -0.2) is 63.7 Å². The van der Waals surface area contributed by atoms with Crippen LogP contribution in [0.2, 0.25) is 0 Å². The number of pyridine rings is 7. The number of hydrogen-bond donors (Lipinski definition) is 0. The predicted molar refractivity (Wildman–Crippen MR) is 510 cm³/mol. The lowest BCUT2D eigenvalue weighted by atomic mass is 9.92. The Labute approximate surface area is 698 Å². The van der Waals surface area contributed by atoms with Crippen LogP contribution >= 0.6 is 11.3 Å². The minimum absolute atomic E-state index is 0. The van der Waals surface area contributed by atoms with E-state index in [-0.39, 0.29) is 59.4 Å². The van der Waals surface area contributed by atoms with Gasteiger partial charge >= 0.3 is 0 Å². The molecule has 0 spiro atoms. The topological polar surface area (TPSA) is 143 Å². The maximum absolute atomic E-state index is 4.55. The van der Waals surface area contributed by atoms with E-state index in [0.29, 0.717) is 6.04 Å². The van der Waals surface area contributed by atoms with Crippen molar-refractivity contribution < 1.29 is 0 Å². The molecular weight excluding hydrogens is 1460 g/mol. The van der Waals surface area contributed by atoms with Crippen molar-refractivity contribution in [1.29, 1.82) is 0 Å². The van der Waals surface area contributed by atoms with Crippen LogP contribution in [0.5, 0.6) is 0 Å². The monoisotopic (exact) mass is 1570 g/mol. The molecule has 12 heterocycles. The molecule has 2 aliphatic rings. The molecule has 0 atom stereocenters. The van der Waals surface area contributed by atoms with Crippen molar-refractivity contribution in [3.05, 3.63) is 363 Å². The van der Waals surface area contributed by atoms with Gasteiger partial charge in [0.25, 0.3) is 0 Å². The highest BCUT2D eigenvalue weighted by atomic mass is 32.1. The SMILES string of the molecule is C.C.C.C.C.C.C.C.CC(C)n1ccc2c3ccccc3ncc21.c1ccc2c(c1)ccc1cccnc12.c1ccc2c(c1)ccc1nccn12.c1ccc2c(c1)cnc1ccccc12.c1ccc2c(c1)cnc1sccc12.c1ccc2c(c1)cnn1cnnc21.c1ccc2c3c(ncc2c1)CCC3.c1ccc2c3c(ncc2c1)CCCC3. The number of benzene rings is 10. The van der Waals surface area contributed by atoms with Gasteiger partial charge in [-0.05, 0) is 156 Å². The highest BCUT2D eigenvalue weighted by molar-refractivity contribution is 7.16. The van der Waals surface area contributed by atoms with Gasteiger partial charge in [-0.3, -0.25) is 29.3 Å². The molecule has 0 saturated carbocycles. The lowest BCUT2D eigenvalue weighted by Crippen LogP contribution is -2.05. The molecule has 0 bridgehead atoms. The second-order valence-corrected chi connectivity index (χ2v) is 28.5. The minimum atomic E-state index is 0. The molecule has 0 unspecified atom stereocenters. The van der Waals surface area contributed by atoms with E-state index in [2.05, 4.69) is 273 Å². The highest BCUT2D eigenvalue weighted by Crippen LogP contribution is 2.32. The number of para-hydroxylation sites is 3. The highest BCUT2D eigenvalue weighted by Gasteiger charge is 2.16. The first kappa shape index (κ1) is 88.4. The van der Waals surface area contributed by atoms with Gasteiger partial charge in [-0.1, -0.05) is 278 Å². The summed E-state index contributed by atoms with van der Waals surface area (Å²) < 4.78 is 6.02. The van der Waals surface area contributed by atoms with E-state index < -0.39 is 0 Å². The van der Waals surface area contributed by atoms with Crippen molar-refractivity contribution in [1.82, 2.24) is 63.7 Å². The molecule has 118 heavy (non-hydrogen) atoms. The molecule has 22 aromatic rings. The fourth-order valence-electron chi connectivity index (χ4n) is 15.1. The van der Waals surface area contributed by atoms with Crippen molar-refractivity contribution >= 4 is 152 Å². The van der Waals surface area contributed by atoms with Gasteiger partial charge in [-0.2, -0.15) is 9.61 Å². The first-order chi connectivity index (χ1) is 54.4. The Kier molecular flexibility index (Phi) is 30.8. The van der Waals surface area contributed by atoms with Crippen molar-refractivity contribution in [2.75, 3.05) is 0 Å². The smallest absolute Gasteiger partial charge is 0.185 e. The molecule has 10 aromatic carbocycles. The van der Waals surface area contributed by atoms with Gasteiger partial charge in [0.05, 0.1) is 40.0 Å². The molecule has 0 radical (unpaired) electrons. The summed E-state index contributed by atoms with van der Waals surface area (Å²) in [5.74, 6) is 0. The molecule has 0 fully saturated rings. The first-order valence-electron chi connectivity index (χ1n) is 37.5. The van der Waals surface area contributed by atoms with E-state index in [1.807, 2.05) is 135 Å². The van der Waals surface area contributed by atoms with Gasteiger partial charge in [0, 0.05) is 132 Å². The van der Waals surface area contributed by atoms with Crippen LogP contribution in [0.15, 0.2) is 341 Å². The molecule has 0 amide bonds. The van der Waals surface area contributed by atoms with Crippen LogP contribution in [0, 0.1) is 0 Å². The van der Waals surface area contributed by atoms with Crippen molar-refractivity contribution in [2.24, 2.45) is 0 Å². The zero-order chi connectivity index (χ0) is 74.0. The predicted octanol–water partition coefficient (Wildman–Crippen LogP) is 28.7. The third-order valence-electron chi connectivity index (χ3n) is 20.5. The first-order valence-corrected chi connectivity index (χ1v) is 38.4. The van der Waals surface area contributed by atoms with E-state index in [1.54, 1.807) is 22.2 Å². The molecule has 12 aromatic heterocycles. The normalized spacial score (nSPS) is 11.3. The summed E-state index contributed by atoms with van der Waals surface area (Å²) in [5.41, 5.74) is 13.1. The minimum Gasteiger partial charge on any atom is -0.344 e. The summed E-state index contributed by atoms with van der Waals surface area (Å²) in [6, 6.07) is 92.2. The zero-order valence-corrected chi connectivity index (χ0v) is 61.9. The molecule has 0 saturated heterocycles. The summed E-state index contributed by atoms with van der Waals surface area (Å²) in [6.45, 7) is 4.38. The van der Waals surface area contributed by atoms with E-state index in [9.17, 15) is 0 Å². The van der Waals surface area contributed by atoms with E-state index in [4.69, 9.17) is 0 Å². The van der Waals surface area contributed by atoms with Crippen molar-refractivity contribution in [3.8, 4) is 0 Å². The van der Waals surface area contributed by atoms with Crippen LogP contribution in [0.1, 0.15) is 121 Å². The number of aromatic nitrogens is 13. The summed E-state index contributed by atoms with van der Waals surface area (Å²) in [5, 5.41) is 36.5. The van der Waals surface area contributed by atoms with Gasteiger partial charge in [0.15, 0.2) is 5.65 Å². The number of aryl methyl sites for hydroxylation is 4. The standard InChI is InChI=1S/C14H14N2.C13H13N.2C13H9N.C12H11N.C11H8N2.C11H7NS.C9H6N4.8CH4/c1-10(2)16-8-7-12-11-5-3-4-6-13(11)15-9-14(12)16;2*1-2-6-11-10(5-1)9-14-13-8-4-3-7-12(11)13;1-2-6-12-10(4-1)7-8-11-5-3-9-14-13(11)12;1-2-5-10-9(4-1)8-13-12-7-3-6-11(10)12;1-2-4-10-9(3-1)5-6-11-12-7-8-13(10)11;1-2-4-9-8(3-1)7-12-11-10(9)5-6-13-11;1-2-4-8-7(3-1)5-11-13-6-10-12-9(8)13;;;;;;;;/h3-10H,1-2H3;1-2,5-6,9H,3-4,7-8H2;2*1-9H;1-2,4-5,8H,3,6-7H2;1-8H;1-7H;1-6H;8*1H4. The van der Waals surface area contributed by atoms with Crippen LogP contribution < -0.4 is 0 Å². The number of fused-ring (bicyclic) bond motifs is 24. The summed E-state index contributed by atoms with van der Waals surface area (Å²) >= 11 is 1.69. The quantitative estimate of drug-likeness (QED) is 0.146. The van der Waals surface area contributed by atoms with E-state index >= 15 is 0 Å². The van der Waals surface area contributed by atoms with Gasteiger partial charge in [-0.25, -0.2) is 9.97 Å². The Morgan fingerprint density at radius 3 is 1.45 bits per heavy atom. The summed E-state index contributed by atoms with van der Waals surface area (Å²) in [7, 11) is 0. The van der Waals surface area contributed by atoms with Gasteiger partial charge < -0.3 is 4.57 Å². The number of rotatable bonds is 1. The van der Waals surface area contributed by atoms with Crippen LogP contribution in [-0.2, 0) is 25.7 Å². The lowest BCUT2D eigenvalue weighted by Gasteiger charge is -2.16. The third kappa shape index (κ3) is 18.9. The summed E-state index contributed by atoms with van der Waals surface area (Å²) in [4.78, 5) is 32.1. The number of thiophene rings is 1. The van der Waals surface area contributed by atoms with E-state index in [0.717, 1.165) is 43.4 Å². The Hall–Kier alpha value is -13.6. The third-order valence-corrected chi connectivity index (χ3v) is 21.3. The summed E-state index contributed by atoms with van der Waals surface area (Å²) in [6.07, 6.45) is 29.7. The number of hydrogen-bond acceptors (Lipinski definition) is 11. The molecule has 0 N–H and O–H groups in total. The fourth-order valence-corrected chi connectivity index (χ4v) is 15.8.